The van der Waals surface area contributed by atoms with Crippen LogP contribution >= 0.6 is 0 Å². The van der Waals surface area contributed by atoms with Crippen LogP contribution in [0.3, 0.4) is 0 Å². The van der Waals surface area contributed by atoms with E-state index in [0.29, 0.717) is 6.42 Å². The van der Waals surface area contributed by atoms with Gasteiger partial charge in [0.05, 0.1) is 0 Å². The fourth-order valence-electron chi connectivity index (χ4n) is 1.98. The Morgan fingerprint density at radius 3 is 2.68 bits per heavy atom. The fourth-order valence-corrected chi connectivity index (χ4v) is 2.55. The molecule has 0 unspecified atom stereocenters. The van der Waals surface area contributed by atoms with E-state index in [9.17, 15) is 13.2 Å². The zero-order chi connectivity index (χ0) is 16.4. The highest BCUT2D eigenvalue weighted by Crippen LogP contribution is 2.20. The van der Waals surface area contributed by atoms with E-state index in [0.717, 1.165) is 24.2 Å². The number of amides is 1. The standard InChI is InChI=1S/C16H19NO4S/c1-3-12-21-14-10-6-4-8-13(14)9-5-7-11-15(22(19)20)16(18)17-2/h1,4,6,8,10H,5,7,9,11-12H2,2H3,(H,17,18). The summed E-state index contributed by atoms with van der Waals surface area (Å²) in [5.41, 5.74) is 1.02. The zero-order valence-corrected chi connectivity index (χ0v) is 13.3. The van der Waals surface area contributed by atoms with Crippen molar-refractivity contribution in [1.29, 1.82) is 0 Å². The Kier molecular flexibility index (Phi) is 7.79. The molecule has 0 aliphatic rings. The molecule has 0 heterocycles. The second kappa shape index (κ2) is 9.64. The molecule has 0 aliphatic carbocycles. The number of nitrogens with one attached hydrogen (secondary N) is 1. The van der Waals surface area contributed by atoms with Crippen LogP contribution in [0.4, 0.5) is 0 Å². The number of hydrogen-bond acceptors (Lipinski definition) is 4. The molecular formula is C16H19NO4S. The second-order valence-corrected chi connectivity index (χ2v) is 5.51. The van der Waals surface area contributed by atoms with Crippen LogP contribution in [-0.2, 0) is 21.5 Å². The predicted molar refractivity (Wildman–Crippen MR) is 86.3 cm³/mol. The van der Waals surface area contributed by atoms with Gasteiger partial charge < -0.3 is 10.1 Å². The Morgan fingerprint density at radius 1 is 1.32 bits per heavy atom. The van der Waals surface area contributed by atoms with Crippen molar-refractivity contribution in [3.63, 3.8) is 0 Å². The van der Waals surface area contributed by atoms with Gasteiger partial charge in [0, 0.05) is 7.05 Å². The van der Waals surface area contributed by atoms with Crippen molar-refractivity contribution in [3.05, 3.63) is 29.8 Å². The number of aryl methyl sites for hydroxylation is 1. The maximum absolute atomic E-state index is 11.4. The molecular weight excluding hydrogens is 302 g/mol. The van der Waals surface area contributed by atoms with E-state index in [4.69, 9.17) is 11.2 Å². The summed E-state index contributed by atoms with van der Waals surface area (Å²) >= 11 is 0. The molecule has 22 heavy (non-hydrogen) atoms. The Labute approximate surface area is 132 Å². The van der Waals surface area contributed by atoms with Crippen LogP contribution < -0.4 is 10.1 Å². The van der Waals surface area contributed by atoms with Gasteiger partial charge in [0.2, 0.25) is 10.3 Å². The minimum absolute atomic E-state index is 0.112. The minimum atomic E-state index is -2.48. The molecule has 0 atom stereocenters. The molecule has 6 heteroatoms. The maximum Gasteiger partial charge on any atom is 0.262 e. The van der Waals surface area contributed by atoms with Gasteiger partial charge in [-0.15, -0.1) is 6.42 Å². The van der Waals surface area contributed by atoms with Gasteiger partial charge in [-0.3, -0.25) is 4.79 Å². The number of terminal acetylenes is 1. The molecule has 0 radical (unpaired) electrons. The number of carbonyl (C=O) groups excluding carboxylic acids is 1. The van der Waals surface area contributed by atoms with E-state index < -0.39 is 16.2 Å². The lowest BCUT2D eigenvalue weighted by Crippen LogP contribution is -2.28. The number of para-hydroxylation sites is 1. The SMILES string of the molecule is C#CCOc1ccccc1CCCCC(C(=O)NC)=S(=O)=O. The lowest BCUT2D eigenvalue weighted by atomic mass is 10.0. The lowest BCUT2D eigenvalue weighted by Gasteiger charge is -2.09. The fraction of sp³-hybridized carbons (Fsp3) is 0.375. The van der Waals surface area contributed by atoms with Gasteiger partial charge in [-0.25, -0.2) is 0 Å². The zero-order valence-electron chi connectivity index (χ0n) is 12.5. The van der Waals surface area contributed by atoms with E-state index >= 15 is 0 Å². The molecule has 0 aliphatic heterocycles. The molecule has 0 spiro atoms. The third-order valence-electron chi connectivity index (χ3n) is 3.07. The second-order valence-electron chi connectivity index (χ2n) is 4.54. The first-order chi connectivity index (χ1) is 10.6. The van der Waals surface area contributed by atoms with E-state index in [2.05, 4.69) is 11.2 Å². The van der Waals surface area contributed by atoms with E-state index in [1.807, 2.05) is 24.3 Å². The summed E-state index contributed by atoms with van der Waals surface area (Å²) in [5, 5.41) is 2.33. The number of benzene rings is 1. The molecule has 5 nitrogen and oxygen atoms in total. The largest absolute Gasteiger partial charge is 0.481 e. The summed E-state index contributed by atoms with van der Waals surface area (Å²) in [6, 6.07) is 7.57. The molecule has 0 saturated heterocycles. The van der Waals surface area contributed by atoms with Crippen molar-refractivity contribution in [2.24, 2.45) is 0 Å². The summed E-state index contributed by atoms with van der Waals surface area (Å²) in [7, 11) is -1.07. The van der Waals surface area contributed by atoms with Crippen LogP contribution in [0.2, 0.25) is 0 Å². The molecule has 0 bridgehead atoms. The normalized spacial score (nSPS) is 9.64. The quantitative estimate of drug-likeness (QED) is 0.444. The van der Waals surface area contributed by atoms with E-state index in [1.165, 1.54) is 7.05 Å². The third kappa shape index (κ3) is 5.62. The van der Waals surface area contributed by atoms with Gasteiger partial charge in [0.15, 0.2) is 0 Å². The van der Waals surface area contributed by atoms with Crippen molar-refractivity contribution in [3.8, 4) is 18.1 Å². The van der Waals surface area contributed by atoms with Crippen LogP contribution in [0, 0.1) is 12.3 Å². The Hall–Kier alpha value is -2.26. The van der Waals surface area contributed by atoms with E-state index in [1.54, 1.807) is 0 Å². The molecule has 1 aromatic rings. The molecule has 0 fully saturated rings. The van der Waals surface area contributed by atoms with Crippen LogP contribution in [0.5, 0.6) is 5.75 Å². The van der Waals surface area contributed by atoms with Gasteiger partial charge in [-0.05, 0) is 37.3 Å². The van der Waals surface area contributed by atoms with Crippen LogP contribution in [0.1, 0.15) is 24.8 Å². The molecule has 0 saturated carbocycles. The summed E-state index contributed by atoms with van der Waals surface area (Å²) in [6.45, 7) is 0.209. The molecule has 1 N–H and O–H groups in total. The number of ether oxygens (including phenoxy) is 1. The first-order valence-corrected chi connectivity index (χ1v) is 7.99. The highest BCUT2D eigenvalue weighted by Gasteiger charge is 2.11. The third-order valence-corrected chi connectivity index (χ3v) is 3.86. The monoisotopic (exact) mass is 321 g/mol. The van der Waals surface area contributed by atoms with Crippen molar-refractivity contribution < 1.29 is 17.9 Å². The first-order valence-electron chi connectivity index (χ1n) is 6.91. The van der Waals surface area contributed by atoms with Gasteiger partial charge >= 0.3 is 0 Å². The molecule has 1 amide bonds. The highest BCUT2D eigenvalue weighted by molar-refractivity contribution is 7.74. The predicted octanol–water partition coefficient (Wildman–Crippen LogP) is 1.21. The van der Waals surface area contributed by atoms with Crippen molar-refractivity contribution in [2.45, 2.75) is 25.7 Å². The van der Waals surface area contributed by atoms with Gasteiger partial charge in [0.1, 0.15) is 17.2 Å². The summed E-state index contributed by atoms with van der Waals surface area (Å²) in [5.74, 6) is 2.61. The molecule has 1 rings (SSSR count). The lowest BCUT2D eigenvalue weighted by molar-refractivity contribution is -0.114. The van der Waals surface area contributed by atoms with Crippen LogP contribution in [0.15, 0.2) is 24.3 Å². The Bertz CT molecular complexity index is 678. The summed E-state index contributed by atoms with van der Waals surface area (Å²) in [6.07, 6.45) is 7.47. The maximum atomic E-state index is 11.4. The minimum Gasteiger partial charge on any atom is -0.481 e. The smallest absolute Gasteiger partial charge is 0.262 e. The van der Waals surface area contributed by atoms with Crippen LogP contribution in [-0.4, -0.2) is 32.8 Å². The topological polar surface area (TPSA) is 72.5 Å². The summed E-state index contributed by atoms with van der Waals surface area (Å²) in [4.78, 5) is 11.3. The molecule has 1 aromatic carbocycles. The highest BCUT2D eigenvalue weighted by atomic mass is 32.2. The van der Waals surface area contributed by atoms with Crippen molar-refractivity contribution in [2.75, 3.05) is 13.7 Å². The Balaban J connectivity index is 2.57. The van der Waals surface area contributed by atoms with E-state index in [-0.39, 0.29) is 17.9 Å². The Morgan fingerprint density at radius 2 is 2.05 bits per heavy atom. The summed E-state index contributed by atoms with van der Waals surface area (Å²) < 4.78 is 27.5. The molecule has 0 aromatic heterocycles. The number of unbranched alkanes of at least 4 members (excludes halogenated alkanes) is 1. The number of carbonyl (C=O) groups is 1. The molecule has 118 valence electrons. The number of rotatable bonds is 8. The average Bonchev–Trinajstić information content (AvgIpc) is 2.52. The van der Waals surface area contributed by atoms with Gasteiger partial charge in [-0.2, -0.15) is 8.42 Å². The number of hydrogen-bond donors (Lipinski definition) is 1. The average molecular weight is 321 g/mol. The first kappa shape index (κ1) is 17.8. The van der Waals surface area contributed by atoms with Crippen molar-refractivity contribution >= 4 is 21.1 Å². The van der Waals surface area contributed by atoms with Crippen molar-refractivity contribution in [1.82, 2.24) is 5.32 Å². The van der Waals surface area contributed by atoms with Crippen LogP contribution in [0.25, 0.3) is 0 Å². The van der Waals surface area contributed by atoms with Gasteiger partial charge in [-0.1, -0.05) is 24.1 Å². The van der Waals surface area contributed by atoms with Gasteiger partial charge in [0.25, 0.3) is 5.91 Å².